The lowest BCUT2D eigenvalue weighted by atomic mass is 10.2. The third-order valence-corrected chi connectivity index (χ3v) is 4.61. The Morgan fingerprint density at radius 2 is 1.76 bits per heavy atom. The Balaban J connectivity index is 2.20. The maximum Gasteiger partial charge on any atom is 0.344 e. The Morgan fingerprint density at radius 3 is 2.38 bits per heavy atom. The second-order valence-corrected chi connectivity index (χ2v) is 7.10. The van der Waals surface area contributed by atoms with Crippen molar-refractivity contribution in [3.05, 3.63) is 35.7 Å². The first kappa shape index (κ1) is 21.5. The van der Waals surface area contributed by atoms with E-state index in [0.29, 0.717) is 0 Å². The van der Waals surface area contributed by atoms with Crippen LogP contribution >= 0.6 is 0 Å². The van der Waals surface area contributed by atoms with Crippen LogP contribution in [-0.2, 0) is 14.8 Å². The number of hydrogen-bond acceptors (Lipinski definition) is 9. The van der Waals surface area contributed by atoms with Crippen molar-refractivity contribution in [2.75, 3.05) is 5.32 Å². The fourth-order valence-corrected chi connectivity index (χ4v) is 3.06. The molecule has 2 rings (SSSR count). The van der Waals surface area contributed by atoms with Crippen molar-refractivity contribution in [1.82, 2.24) is 19.7 Å². The molecule has 1 unspecified atom stereocenters. The molecule has 1 atom stereocenters. The highest BCUT2D eigenvalue weighted by Gasteiger charge is 2.24. The van der Waals surface area contributed by atoms with Gasteiger partial charge in [-0.05, 0) is 26.0 Å². The van der Waals surface area contributed by atoms with Crippen LogP contribution in [0.3, 0.4) is 0 Å². The molecule has 2 amide bonds. The lowest BCUT2D eigenvalue weighted by Crippen LogP contribution is -2.35. The predicted octanol–water partition coefficient (Wildman–Crippen LogP) is 0.241. The van der Waals surface area contributed by atoms with Crippen molar-refractivity contribution in [3.8, 4) is 6.01 Å². The smallest absolute Gasteiger partial charge is 0.344 e. The minimum Gasteiger partial charge on any atom is -0.479 e. The molecule has 0 saturated heterocycles. The number of aryl methyl sites for hydroxylation is 1. The minimum absolute atomic E-state index is 0.0574. The topological polar surface area (TPSA) is 198 Å². The molecule has 0 spiro atoms. The number of carbonyl (C=O) groups excluding carboxylic acids is 1. The molecule has 14 heteroatoms. The average Bonchev–Trinajstić information content (AvgIpc) is 2.60. The lowest BCUT2D eigenvalue weighted by Gasteiger charge is -2.11. The Labute approximate surface area is 163 Å². The van der Waals surface area contributed by atoms with Gasteiger partial charge in [-0.2, -0.15) is 15.0 Å². The molecule has 0 aliphatic heterocycles. The number of aromatic nitrogens is 3. The van der Waals surface area contributed by atoms with Crippen LogP contribution in [0.5, 0.6) is 6.01 Å². The van der Waals surface area contributed by atoms with Crippen molar-refractivity contribution in [2.45, 2.75) is 24.8 Å². The van der Waals surface area contributed by atoms with E-state index < -0.39 is 56.5 Å². The van der Waals surface area contributed by atoms with Gasteiger partial charge in [0.1, 0.15) is 10.7 Å². The fourth-order valence-electron chi connectivity index (χ4n) is 1.96. The number of nitrogens with zero attached hydrogens (tertiary/aromatic N) is 3. The molecule has 0 saturated carbocycles. The van der Waals surface area contributed by atoms with Crippen molar-refractivity contribution in [2.24, 2.45) is 0 Å². The first-order valence-corrected chi connectivity index (χ1v) is 9.26. The summed E-state index contributed by atoms with van der Waals surface area (Å²) in [4.78, 5) is 44.6. The molecule has 1 aromatic heterocycles. The van der Waals surface area contributed by atoms with Crippen LogP contribution in [0.1, 0.15) is 23.1 Å². The quantitative estimate of drug-likeness (QED) is 0.474. The van der Waals surface area contributed by atoms with Gasteiger partial charge in [0.15, 0.2) is 6.10 Å². The van der Waals surface area contributed by atoms with Crippen molar-refractivity contribution < 1.29 is 37.8 Å². The van der Waals surface area contributed by atoms with Crippen LogP contribution in [0, 0.1) is 6.92 Å². The molecule has 0 radical (unpaired) electrons. The third kappa shape index (κ3) is 5.58. The Hall–Kier alpha value is -3.81. The number of aliphatic carboxylic acids is 1. The first-order chi connectivity index (χ1) is 13.5. The van der Waals surface area contributed by atoms with E-state index in [2.05, 4.69) is 15.0 Å². The normalized spacial score (nSPS) is 11.9. The number of nitrogens with one attached hydrogen (secondary N) is 2. The van der Waals surface area contributed by atoms with E-state index in [9.17, 15) is 22.8 Å². The lowest BCUT2D eigenvalue weighted by molar-refractivity contribution is -0.144. The second-order valence-electron chi connectivity index (χ2n) is 5.45. The van der Waals surface area contributed by atoms with Gasteiger partial charge in [-0.3, -0.25) is 5.32 Å². The van der Waals surface area contributed by atoms with Crippen LogP contribution in [-0.4, -0.2) is 57.7 Å². The number of anilines is 1. The summed E-state index contributed by atoms with van der Waals surface area (Å²) in [5.74, 6) is -3.13. The molecule has 2 aromatic rings. The average molecular weight is 425 g/mol. The maximum absolute atomic E-state index is 12.3. The monoisotopic (exact) mass is 425 g/mol. The van der Waals surface area contributed by atoms with Gasteiger partial charge in [-0.25, -0.2) is 27.5 Å². The summed E-state index contributed by atoms with van der Waals surface area (Å²) in [5, 5.41) is 20.0. The number of amides is 2. The number of benzene rings is 1. The molecule has 1 heterocycles. The van der Waals surface area contributed by atoms with Crippen molar-refractivity contribution in [1.29, 1.82) is 0 Å². The molecule has 0 fully saturated rings. The molecule has 1 aromatic carbocycles. The maximum atomic E-state index is 12.3. The van der Waals surface area contributed by atoms with E-state index in [1.54, 1.807) is 4.72 Å². The zero-order valence-corrected chi connectivity index (χ0v) is 15.8. The molecule has 0 aliphatic carbocycles. The first-order valence-electron chi connectivity index (χ1n) is 7.78. The molecule has 4 N–H and O–H groups in total. The van der Waals surface area contributed by atoms with Crippen molar-refractivity contribution in [3.63, 3.8) is 0 Å². The van der Waals surface area contributed by atoms with Gasteiger partial charge in [-0.1, -0.05) is 12.1 Å². The summed E-state index contributed by atoms with van der Waals surface area (Å²) in [6.45, 7) is 2.64. The molecule has 13 nitrogen and oxygen atoms in total. The van der Waals surface area contributed by atoms with Crippen LogP contribution in [0.15, 0.2) is 29.2 Å². The number of carboxylic acid groups (broad SMARTS) is 2. The highest BCUT2D eigenvalue weighted by molar-refractivity contribution is 7.90. The largest absolute Gasteiger partial charge is 0.479 e. The Kier molecular flexibility index (Phi) is 6.28. The van der Waals surface area contributed by atoms with Gasteiger partial charge in [-0.15, -0.1) is 0 Å². The van der Waals surface area contributed by atoms with Crippen LogP contribution < -0.4 is 14.8 Å². The minimum atomic E-state index is -4.53. The second kappa shape index (κ2) is 8.47. The van der Waals surface area contributed by atoms with E-state index in [-0.39, 0.29) is 5.82 Å². The van der Waals surface area contributed by atoms with Gasteiger partial charge in [0.25, 0.3) is 10.0 Å². The molecule has 154 valence electrons. The van der Waals surface area contributed by atoms with Gasteiger partial charge >= 0.3 is 24.0 Å². The van der Waals surface area contributed by atoms with Gasteiger partial charge < -0.3 is 14.9 Å². The summed E-state index contributed by atoms with van der Waals surface area (Å²) in [7, 11) is -4.53. The number of aromatic carboxylic acids is 1. The van der Waals surface area contributed by atoms with E-state index in [1.807, 2.05) is 5.32 Å². The number of carbonyl (C=O) groups is 3. The standard InChI is InChI=1S/C15H15N5O8S/c1-7(11(21)22)28-15-17-8(2)16-13(19-15)18-14(25)20-29(26,27)10-6-4-3-5-9(10)12(23)24/h3-7H,1-2H3,(H,21,22)(H,23,24)(H2,16,17,18,19,20,25). The number of urea groups is 1. The molecule has 0 aliphatic rings. The summed E-state index contributed by atoms with van der Waals surface area (Å²) >= 11 is 0. The summed E-state index contributed by atoms with van der Waals surface area (Å²) in [6.07, 6.45) is -1.29. The predicted molar refractivity (Wildman–Crippen MR) is 95.0 cm³/mol. The number of rotatable bonds is 7. The van der Waals surface area contributed by atoms with Gasteiger partial charge in [0.05, 0.1) is 5.56 Å². The SMILES string of the molecule is Cc1nc(NC(=O)NS(=O)(=O)c2ccccc2C(=O)O)nc(OC(C)C(=O)O)n1. The van der Waals surface area contributed by atoms with Gasteiger partial charge in [0.2, 0.25) is 5.95 Å². The number of carboxylic acids is 2. The van der Waals surface area contributed by atoms with Crippen LogP contribution in [0.4, 0.5) is 10.7 Å². The zero-order chi connectivity index (χ0) is 21.8. The van der Waals surface area contributed by atoms with Crippen molar-refractivity contribution >= 4 is 33.9 Å². The summed E-state index contributed by atoms with van der Waals surface area (Å²) in [6, 6.07) is 3.02. The number of hydrogen-bond donors (Lipinski definition) is 4. The number of sulfonamides is 1. The Morgan fingerprint density at radius 1 is 1.10 bits per heavy atom. The summed E-state index contributed by atoms with van der Waals surface area (Å²) < 4.78 is 31.3. The highest BCUT2D eigenvalue weighted by atomic mass is 32.2. The zero-order valence-electron chi connectivity index (χ0n) is 15.0. The van der Waals surface area contributed by atoms with Crippen LogP contribution in [0.25, 0.3) is 0 Å². The van der Waals surface area contributed by atoms with E-state index in [1.165, 1.54) is 26.0 Å². The van der Waals surface area contributed by atoms with Gasteiger partial charge in [0, 0.05) is 0 Å². The fraction of sp³-hybridized carbons (Fsp3) is 0.200. The molecule has 0 bridgehead atoms. The van der Waals surface area contributed by atoms with E-state index in [4.69, 9.17) is 14.9 Å². The third-order valence-electron chi connectivity index (χ3n) is 3.22. The molecule has 29 heavy (non-hydrogen) atoms. The van der Waals surface area contributed by atoms with E-state index >= 15 is 0 Å². The summed E-state index contributed by atoms with van der Waals surface area (Å²) in [5.41, 5.74) is -0.526. The van der Waals surface area contributed by atoms with Crippen LogP contribution in [0.2, 0.25) is 0 Å². The molecular weight excluding hydrogens is 410 g/mol. The molecular formula is C15H15N5O8S. The number of ether oxygens (including phenoxy) is 1. The van der Waals surface area contributed by atoms with E-state index in [0.717, 1.165) is 12.1 Å². The Bertz CT molecular complexity index is 1070. The highest BCUT2D eigenvalue weighted by Crippen LogP contribution is 2.15.